The van der Waals surface area contributed by atoms with E-state index < -0.39 is 0 Å². The normalized spacial score (nSPS) is 10.5. The Kier molecular flexibility index (Phi) is 4.32. The summed E-state index contributed by atoms with van der Waals surface area (Å²) < 4.78 is 6.55. The minimum absolute atomic E-state index is 0.170. The molecule has 3 aromatic rings. The molecule has 0 unspecified atom stereocenters. The van der Waals surface area contributed by atoms with Crippen LogP contribution in [0.25, 0.3) is 5.82 Å². The molecule has 1 amide bonds. The van der Waals surface area contributed by atoms with Gasteiger partial charge >= 0.3 is 0 Å². The Morgan fingerprint density at radius 2 is 2.22 bits per heavy atom. The third-order valence-corrected chi connectivity index (χ3v) is 3.11. The molecule has 0 bridgehead atoms. The average Bonchev–Trinajstić information content (AvgIpc) is 3.23. The van der Waals surface area contributed by atoms with Crippen LogP contribution in [0.1, 0.15) is 16.1 Å². The first-order valence-corrected chi connectivity index (χ1v) is 7.11. The zero-order valence-electron chi connectivity index (χ0n) is 12.6. The number of rotatable bonds is 6. The maximum absolute atomic E-state index is 11.7. The summed E-state index contributed by atoms with van der Waals surface area (Å²) in [6, 6.07) is 5.32. The fraction of sp³-hybridized carbons (Fsp3) is 0.200. The number of hydrogen-bond donors (Lipinski definition) is 2. The van der Waals surface area contributed by atoms with E-state index in [0.29, 0.717) is 30.3 Å². The molecule has 0 aliphatic rings. The summed E-state index contributed by atoms with van der Waals surface area (Å²) in [6.07, 6.45) is 6.18. The lowest BCUT2D eigenvalue weighted by Crippen LogP contribution is -2.28. The van der Waals surface area contributed by atoms with Crippen LogP contribution < -0.4 is 10.6 Å². The SMILES string of the molecule is Cc1ccn(-c2cc(NCCNC(=O)c3ccoc3)ncn2)n1. The molecule has 0 atom stereocenters. The second kappa shape index (κ2) is 6.73. The molecule has 0 saturated carbocycles. The number of carbonyl (C=O) groups excluding carboxylic acids is 1. The molecular weight excluding hydrogens is 296 g/mol. The minimum Gasteiger partial charge on any atom is -0.472 e. The third-order valence-electron chi connectivity index (χ3n) is 3.11. The first kappa shape index (κ1) is 14.8. The topological polar surface area (TPSA) is 97.9 Å². The van der Waals surface area contributed by atoms with Crippen molar-refractivity contribution < 1.29 is 9.21 Å². The van der Waals surface area contributed by atoms with Gasteiger partial charge in [0.1, 0.15) is 18.4 Å². The van der Waals surface area contributed by atoms with Gasteiger partial charge in [0.25, 0.3) is 5.91 Å². The molecule has 0 aromatic carbocycles. The van der Waals surface area contributed by atoms with Crippen LogP contribution in [0.2, 0.25) is 0 Å². The summed E-state index contributed by atoms with van der Waals surface area (Å²) in [5.41, 5.74) is 1.42. The Balaban J connectivity index is 1.52. The lowest BCUT2D eigenvalue weighted by Gasteiger charge is -2.07. The van der Waals surface area contributed by atoms with Crippen molar-refractivity contribution in [2.24, 2.45) is 0 Å². The van der Waals surface area contributed by atoms with Crippen molar-refractivity contribution in [2.75, 3.05) is 18.4 Å². The Morgan fingerprint density at radius 3 is 2.96 bits per heavy atom. The van der Waals surface area contributed by atoms with E-state index in [1.807, 2.05) is 19.2 Å². The number of nitrogens with zero attached hydrogens (tertiary/aromatic N) is 4. The van der Waals surface area contributed by atoms with Crippen LogP contribution in [-0.2, 0) is 0 Å². The van der Waals surface area contributed by atoms with Crippen LogP contribution in [0.3, 0.4) is 0 Å². The number of anilines is 1. The summed E-state index contributed by atoms with van der Waals surface area (Å²) in [5, 5.41) is 10.2. The standard InChI is InChI=1S/C15H16N6O2/c1-11-2-6-21(20-11)14-8-13(18-10-19-14)16-4-5-17-15(22)12-3-7-23-9-12/h2-3,6-10H,4-5H2,1H3,(H,17,22)(H,16,18,19). The van der Waals surface area contributed by atoms with Crippen LogP contribution >= 0.6 is 0 Å². The monoisotopic (exact) mass is 312 g/mol. The van der Waals surface area contributed by atoms with Crippen molar-refractivity contribution in [2.45, 2.75) is 6.92 Å². The van der Waals surface area contributed by atoms with Gasteiger partial charge in [0.2, 0.25) is 0 Å². The third kappa shape index (κ3) is 3.73. The number of carbonyl (C=O) groups is 1. The van der Waals surface area contributed by atoms with E-state index in [9.17, 15) is 4.79 Å². The van der Waals surface area contributed by atoms with Crippen molar-refractivity contribution in [3.63, 3.8) is 0 Å². The molecule has 3 heterocycles. The molecule has 8 heteroatoms. The second-order valence-electron chi connectivity index (χ2n) is 4.86. The lowest BCUT2D eigenvalue weighted by molar-refractivity contribution is 0.0954. The van der Waals surface area contributed by atoms with Gasteiger partial charge in [-0.25, -0.2) is 14.6 Å². The number of hydrogen-bond acceptors (Lipinski definition) is 6. The first-order valence-electron chi connectivity index (χ1n) is 7.11. The molecule has 0 radical (unpaired) electrons. The molecular formula is C15H16N6O2. The number of aryl methyl sites for hydroxylation is 1. The number of amides is 1. The Labute approximate surface area is 132 Å². The molecule has 3 aromatic heterocycles. The van der Waals surface area contributed by atoms with Gasteiger partial charge < -0.3 is 15.1 Å². The van der Waals surface area contributed by atoms with Gasteiger partial charge in [-0.15, -0.1) is 0 Å². The number of nitrogens with one attached hydrogen (secondary N) is 2. The molecule has 3 rings (SSSR count). The van der Waals surface area contributed by atoms with E-state index >= 15 is 0 Å². The van der Waals surface area contributed by atoms with E-state index in [1.54, 1.807) is 16.8 Å². The van der Waals surface area contributed by atoms with Crippen molar-refractivity contribution in [3.8, 4) is 5.82 Å². The highest BCUT2D eigenvalue weighted by atomic mass is 16.3. The van der Waals surface area contributed by atoms with Crippen LogP contribution in [-0.4, -0.2) is 38.7 Å². The lowest BCUT2D eigenvalue weighted by atomic mass is 10.3. The van der Waals surface area contributed by atoms with Crippen molar-refractivity contribution in [1.82, 2.24) is 25.1 Å². The predicted molar refractivity (Wildman–Crippen MR) is 83.4 cm³/mol. The summed E-state index contributed by atoms with van der Waals surface area (Å²) in [4.78, 5) is 20.1. The van der Waals surface area contributed by atoms with Crippen molar-refractivity contribution in [3.05, 3.63) is 54.5 Å². The molecule has 0 spiro atoms. The van der Waals surface area contributed by atoms with Gasteiger partial charge in [-0.3, -0.25) is 4.79 Å². The molecule has 0 aliphatic heterocycles. The summed E-state index contributed by atoms with van der Waals surface area (Å²) >= 11 is 0. The largest absolute Gasteiger partial charge is 0.472 e. The molecule has 118 valence electrons. The maximum atomic E-state index is 11.7. The van der Waals surface area contributed by atoms with Crippen molar-refractivity contribution >= 4 is 11.7 Å². The smallest absolute Gasteiger partial charge is 0.254 e. The van der Waals surface area contributed by atoms with E-state index in [2.05, 4.69) is 25.7 Å². The van der Waals surface area contributed by atoms with Crippen LogP contribution in [0.5, 0.6) is 0 Å². The fourth-order valence-corrected chi connectivity index (χ4v) is 1.97. The molecule has 0 saturated heterocycles. The highest BCUT2D eigenvalue weighted by molar-refractivity contribution is 5.93. The van der Waals surface area contributed by atoms with Gasteiger partial charge in [-0.05, 0) is 19.1 Å². The van der Waals surface area contributed by atoms with Gasteiger partial charge in [-0.1, -0.05) is 0 Å². The van der Waals surface area contributed by atoms with Crippen LogP contribution in [0.4, 0.5) is 5.82 Å². The van der Waals surface area contributed by atoms with E-state index in [-0.39, 0.29) is 5.91 Å². The first-order chi connectivity index (χ1) is 11.2. The quantitative estimate of drug-likeness (QED) is 0.668. The molecule has 0 aliphatic carbocycles. The van der Waals surface area contributed by atoms with Crippen molar-refractivity contribution in [1.29, 1.82) is 0 Å². The molecule has 23 heavy (non-hydrogen) atoms. The van der Waals surface area contributed by atoms with Gasteiger partial charge in [-0.2, -0.15) is 5.10 Å². The maximum Gasteiger partial charge on any atom is 0.254 e. The second-order valence-corrected chi connectivity index (χ2v) is 4.86. The highest BCUT2D eigenvalue weighted by Crippen LogP contribution is 2.08. The van der Waals surface area contributed by atoms with E-state index in [1.165, 1.54) is 18.9 Å². The highest BCUT2D eigenvalue weighted by Gasteiger charge is 2.06. The Hall–Kier alpha value is -3.16. The summed E-state index contributed by atoms with van der Waals surface area (Å²) in [5.74, 6) is 1.18. The molecule has 8 nitrogen and oxygen atoms in total. The molecule has 2 N–H and O–H groups in total. The van der Waals surface area contributed by atoms with E-state index in [4.69, 9.17) is 4.42 Å². The van der Waals surface area contributed by atoms with E-state index in [0.717, 1.165) is 5.69 Å². The average molecular weight is 312 g/mol. The Bertz CT molecular complexity index is 781. The van der Waals surface area contributed by atoms with Crippen LogP contribution in [0.15, 0.2) is 47.7 Å². The minimum atomic E-state index is -0.170. The van der Waals surface area contributed by atoms with Crippen LogP contribution in [0, 0.1) is 6.92 Å². The van der Waals surface area contributed by atoms with Gasteiger partial charge in [0, 0.05) is 25.4 Å². The number of aromatic nitrogens is 4. The summed E-state index contributed by atoms with van der Waals surface area (Å²) in [6.45, 7) is 2.92. The van der Waals surface area contributed by atoms with Gasteiger partial charge in [0.05, 0.1) is 17.5 Å². The molecule has 0 fully saturated rings. The predicted octanol–water partition coefficient (Wildman–Crippen LogP) is 1.41. The van der Waals surface area contributed by atoms with Gasteiger partial charge in [0.15, 0.2) is 5.82 Å². The fourth-order valence-electron chi connectivity index (χ4n) is 1.97. The number of furan rings is 1. The summed E-state index contributed by atoms with van der Waals surface area (Å²) in [7, 11) is 0. The Morgan fingerprint density at radius 1 is 1.30 bits per heavy atom. The zero-order valence-corrected chi connectivity index (χ0v) is 12.6. The zero-order chi connectivity index (χ0) is 16.1.